The first-order valence-electron chi connectivity index (χ1n) is 3.47. The van der Waals surface area contributed by atoms with Gasteiger partial charge in [0.1, 0.15) is 0 Å². The van der Waals surface area contributed by atoms with Crippen LogP contribution >= 0.6 is 0 Å². The lowest BCUT2D eigenvalue weighted by atomic mass is 10.2. The lowest BCUT2D eigenvalue weighted by Crippen LogP contribution is -1.51. The summed E-state index contributed by atoms with van der Waals surface area (Å²) in [6.45, 7) is 0. The molecule has 0 atom stereocenters. The molecule has 0 bridgehead atoms. The summed E-state index contributed by atoms with van der Waals surface area (Å²) < 4.78 is 10.5. The molecule has 3 heterocycles. The van der Waals surface area contributed by atoms with Crippen LogP contribution in [0.5, 0.6) is 0 Å². The zero-order valence-electron chi connectivity index (χ0n) is 5.47. The zero-order valence-corrected chi connectivity index (χ0v) is 5.47. The topological polar surface area (TPSA) is 42.1 Å². The molecule has 11 heavy (non-hydrogen) atoms. The Morgan fingerprint density at radius 3 is 1.91 bits per heavy atom. The first-order valence-corrected chi connectivity index (χ1v) is 3.47. The highest BCUT2D eigenvalue weighted by molar-refractivity contribution is 6.24. The number of aromatic amines is 1. The quantitative estimate of drug-likeness (QED) is 0.413. The van der Waals surface area contributed by atoms with Gasteiger partial charge in [-0.05, 0) is 0 Å². The molecule has 0 saturated heterocycles. The normalized spacial score (nSPS) is 13.5. The number of hydrogen-bond acceptors (Lipinski definition) is 2. The van der Waals surface area contributed by atoms with Gasteiger partial charge in [0.05, 0.1) is 0 Å². The van der Waals surface area contributed by atoms with Gasteiger partial charge in [0, 0.05) is 23.2 Å². The number of rotatable bonds is 0. The first-order chi connectivity index (χ1) is 5.45. The molecule has 0 aliphatic carbocycles. The summed E-state index contributed by atoms with van der Waals surface area (Å²) in [5.41, 5.74) is 3.84. The standard InChI is InChI=1S/C8H3NO2/c1-3-4(2-9-1)6-8(11-6)7-5(3)10-7/h1-2,9H. The second-order valence-electron chi connectivity index (χ2n) is 2.80. The van der Waals surface area contributed by atoms with Crippen molar-refractivity contribution >= 4 is 33.1 Å². The van der Waals surface area contributed by atoms with Crippen LogP contribution in [0.1, 0.15) is 0 Å². The average Bonchev–Trinajstić information content (AvgIpc) is 2.88. The van der Waals surface area contributed by atoms with E-state index in [9.17, 15) is 0 Å². The molecule has 0 aliphatic rings. The molecule has 0 amide bonds. The molecule has 3 aromatic heterocycles. The van der Waals surface area contributed by atoms with Crippen LogP contribution in [0.2, 0.25) is 0 Å². The minimum absolute atomic E-state index is 0.937. The number of benzene rings is 1. The van der Waals surface area contributed by atoms with E-state index >= 15 is 0 Å². The molecule has 0 radical (unpaired) electrons. The van der Waals surface area contributed by atoms with E-state index in [4.69, 9.17) is 8.83 Å². The van der Waals surface area contributed by atoms with Crippen LogP contribution in [0, 0.1) is 0 Å². The predicted molar refractivity (Wildman–Crippen MR) is 40.2 cm³/mol. The van der Waals surface area contributed by atoms with Crippen LogP contribution in [0.15, 0.2) is 21.2 Å². The molecule has 4 aromatic rings. The number of nitrogens with one attached hydrogen (secondary N) is 1. The van der Waals surface area contributed by atoms with Crippen molar-refractivity contribution in [2.24, 2.45) is 0 Å². The van der Waals surface area contributed by atoms with Crippen LogP contribution in [-0.4, -0.2) is 4.98 Å². The Morgan fingerprint density at radius 1 is 0.818 bits per heavy atom. The fourth-order valence-electron chi connectivity index (χ4n) is 1.55. The Balaban J connectivity index is 2.61. The maximum absolute atomic E-state index is 5.25. The second-order valence-corrected chi connectivity index (χ2v) is 2.80. The SMILES string of the molecule is c1[nH]cc2c1c1oc1c1oc21. The van der Waals surface area contributed by atoms with Gasteiger partial charge in [0.25, 0.3) is 0 Å². The van der Waals surface area contributed by atoms with E-state index in [0.29, 0.717) is 0 Å². The lowest BCUT2D eigenvalue weighted by molar-refractivity contribution is 0.734. The smallest absolute Gasteiger partial charge is 0.217 e. The van der Waals surface area contributed by atoms with Crippen LogP contribution < -0.4 is 0 Å². The van der Waals surface area contributed by atoms with Crippen LogP contribution in [0.4, 0.5) is 0 Å². The molecule has 0 aliphatic heterocycles. The van der Waals surface area contributed by atoms with Gasteiger partial charge in [0.15, 0.2) is 11.2 Å². The molecule has 52 valence electrons. The monoisotopic (exact) mass is 145 g/mol. The molecule has 1 N–H and O–H groups in total. The van der Waals surface area contributed by atoms with Crippen molar-refractivity contribution in [3.8, 4) is 0 Å². The van der Waals surface area contributed by atoms with Crippen LogP contribution in [-0.2, 0) is 0 Å². The summed E-state index contributed by atoms with van der Waals surface area (Å²) in [6, 6.07) is 0. The molecule has 3 nitrogen and oxygen atoms in total. The third-order valence-electron chi connectivity index (χ3n) is 2.18. The van der Waals surface area contributed by atoms with Gasteiger partial charge in [-0.15, -0.1) is 0 Å². The van der Waals surface area contributed by atoms with E-state index in [-0.39, 0.29) is 0 Å². The highest BCUT2D eigenvalue weighted by atomic mass is 16.4. The van der Waals surface area contributed by atoms with Crippen molar-refractivity contribution < 1.29 is 8.83 Å². The summed E-state index contributed by atoms with van der Waals surface area (Å²) in [5.74, 6) is 0. The molecule has 0 saturated carbocycles. The molecule has 0 fully saturated rings. The fourth-order valence-corrected chi connectivity index (χ4v) is 1.55. The number of H-pyrrole nitrogens is 1. The average molecular weight is 145 g/mol. The van der Waals surface area contributed by atoms with Crippen LogP contribution in [0.3, 0.4) is 0 Å². The van der Waals surface area contributed by atoms with Crippen molar-refractivity contribution in [3.63, 3.8) is 0 Å². The maximum Gasteiger partial charge on any atom is 0.217 e. The largest absolute Gasteiger partial charge is 0.444 e. The van der Waals surface area contributed by atoms with Crippen molar-refractivity contribution in [2.75, 3.05) is 0 Å². The van der Waals surface area contributed by atoms with E-state index in [1.54, 1.807) is 0 Å². The third-order valence-corrected chi connectivity index (χ3v) is 2.18. The van der Waals surface area contributed by atoms with Crippen molar-refractivity contribution in [3.05, 3.63) is 12.4 Å². The first kappa shape index (κ1) is 4.28. The molecule has 4 rings (SSSR count). The van der Waals surface area contributed by atoms with Gasteiger partial charge in [-0.3, -0.25) is 0 Å². The Bertz CT molecular complexity index is 570. The summed E-state index contributed by atoms with van der Waals surface area (Å²) in [5, 5.41) is 2.27. The van der Waals surface area contributed by atoms with Crippen molar-refractivity contribution in [2.45, 2.75) is 0 Å². The Labute approximate surface area is 60.2 Å². The fraction of sp³-hybridized carbons (Fsp3) is 0. The number of fused-ring (bicyclic) bond motifs is 6. The van der Waals surface area contributed by atoms with Crippen LogP contribution in [0.25, 0.3) is 33.1 Å². The molecule has 1 aromatic carbocycles. The van der Waals surface area contributed by atoms with Gasteiger partial charge in [-0.25, -0.2) is 0 Å². The van der Waals surface area contributed by atoms with E-state index in [0.717, 1.165) is 33.1 Å². The minimum atomic E-state index is 0.937. The van der Waals surface area contributed by atoms with Gasteiger partial charge in [-0.2, -0.15) is 0 Å². The summed E-state index contributed by atoms with van der Waals surface area (Å²) in [4.78, 5) is 3.03. The molecule has 0 spiro atoms. The molecule has 0 unspecified atom stereocenters. The second kappa shape index (κ2) is 0.993. The maximum atomic E-state index is 5.25. The highest BCUT2D eigenvalue weighted by Gasteiger charge is 2.26. The summed E-state index contributed by atoms with van der Waals surface area (Å²) in [6.07, 6.45) is 3.87. The van der Waals surface area contributed by atoms with Crippen molar-refractivity contribution in [1.29, 1.82) is 0 Å². The highest BCUT2D eigenvalue weighted by Crippen LogP contribution is 2.45. The van der Waals surface area contributed by atoms with Gasteiger partial charge in [0.2, 0.25) is 11.2 Å². The lowest BCUT2D eigenvalue weighted by Gasteiger charge is -1.70. The Hall–Kier alpha value is -1.64. The van der Waals surface area contributed by atoms with E-state index in [1.807, 2.05) is 12.4 Å². The molecule has 3 heteroatoms. The molecular formula is C8H3NO2. The van der Waals surface area contributed by atoms with Gasteiger partial charge in [-0.1, -0.05) is 0 Å². The third kappa shape index (κ3) is 0.323. The zero-order chi connectivity index (χ0) is 7.00. The Kier molecular flexibility index (Phi) is 0.386. The van der Waals surface area contributed by atoms with Crippen molar-refractivity contribution in [1.82, 2.24) is 4.98 Å². The minimum Gasteiger partial charge on any atom is -0.444 e. The summed E-state index contributed by atoms with van der Waals surface area (Å²) >= 11 is 0. The summed E-state index contributed by atoms with van der Waals surface area (Å²) in [7, 11) is 0. The predicted octanol–water partition coefficient (Wildman–Crippen LogP) is 2.54. The van der Waals surface area contributed by atoms with E-state index in [2.05, 4.69) is 4.98 Å². The number of aromatic nitrogens is 1. The Morgan fingerprint density at radius 2 is 1.36 bits per heavy atom. The molecular weight excluding hydrogens is 142 g/mol. The van der Waals surface area contributed by atoms with E-state index in [1.165, 1.54) is 0 Å². The van der Waals surface area contributed by atoms with Gasteiger partial charge >= 0.3 is 0 Å². The number of hydrogen-bond donors (Lipinski definition) is 1. The van der Waals surface area contributed by atoms with Gasteiger partial charge < -0.3 is 13.8 Å². The van der Waals surface area contributed by atoms with E-state index < -0.39 is 0 Å².